The molecular weight excluding hydrogens is 360 g/mol. The van der Waals surface area contributed by atoms with Crippen molar-refractivity contribution in [3.8, 4) is 0 Å². The van der Waals surface area contributed by atoms with Crippen LogP contribution in [0.3, 0.4) is 0 Å². The van der Waals surface area contributed by atoms with E-state index in [-0.39, 0.29) is 36.2 Å². The highest BCUT2D eigenvalue weighted by Crippen LogP contribution is 2.39. The molecule has 1 amide bonds. The van der Waals surface area contributed by atoms with Crippen molar-refractivity contribution in [1.82, 2.24) is 10.4 Å². The number of rotatable bonds is 4. The molecule has 2 rings (SSSR count). The number of esters is 1. The number of nitrogen functional groups attached to an aromatic ring is 1. The summed E-state index contributed by atoms with van der Waals surface area (Å²) in [6.45, 7) is 6.93. The first kappa shape index (κ1) is 20.9. The van der Waals surface area contributed by atoms with Crippen molar-refractivity contribution >= 4 is 17.7 Å². The fraction of sp³-hybridized carbons (Fsp3) is 0.556. The van der Waals surface area contributed by atoms with Gasteiger partial charge in [0.15, 0.2) is 0 Å². The maximum atomic E-state index is 14.5. The van der Waals surface area contributed by atoms with E-state index in [1.165, 1.54) is 12.1 Å². The lowest BCUT2D eigenvalue weighted by Gasteiger charge is -2.38. The van der Waals surface area contributed by atoms with Crippen LogP contribution in [0, 0.1) is 11.6 Å². The van der Waals surface area contributed by atoms with E-state index in [0.717, 1.165) is 6.07 Å². The molecule has 0 radical (unpaired) electrons. The van der Waals surface area contributed by atoms with Crippen LogP contribution in [0.25, 0.3) is 0 Å². The summed E-state index contributed by atoms with van der Waals surface area (Å²) in [6, 6.07) is 0.888. The molecule has 1 unspecified atom stereocenters. The molecule has 0 bridgehead atoms. The lowest BCUT2D eigenvalue weighted by atomic mass is 9.94. The van der Waals surface area contributed by atoms with Crippen molar-refractivity contribution in [2.45, 2.75) is 51.7 Å². The summed E-state index contributed by atoms with van der Waals surface area (Å²) in [4.78, 5) is 24.9. The zero-order valence-corrected chi connectivity index (χ0v) is 16.1. The van der Waals surface area contributed by atoms with Crippen molar-refractivity contribution in [3.05, 3.63) is 28.8 Å². The fourth-order valence-corrected chi connectivity index (χ4v) is 3.30. The molecule has 0 spiro atoms. The molecule has 0 saturated carbocycles. The maximum absolute atomic E-state index is 14.5. The summed E-state index contributed by atoms with van der Waals surface area (Å²) in [7, 11) is 1.18. The number of carbonyl (C=O) groups is 2. The Morgan fingerprint density at radius 3 is 2.41 bits per heavy atom. The molecule has 1 aliphatic rings. The van der Waals surface area contributed by atoms with Gasteiger partial charge in [-0.1, -0.05) is 6.92 Å². The highest BCUT2D eigenvalue weighted by Gasteiger charge is 2.52. The molecule has 1 aromatic carbocycles. The molecule has 150 valence electrons. The second-order valence-corrected chi connectivity index (χ2v) is 7.45. The van der Waals surface area contributed by atoms with Crippen LogP contribution in [-0.2, 0) is 27.1 Å². The Hall–Kier alpha value is -2.42. The molecule has 7 nitrogen and oxygen atoms in total. The van der Waals surface area contributed by atoms with Crippen molar-refractivity contribution in [1.29, 1.82) is 0 Å². The van der Waals surface area contributed by atoms with E-state index in [9.17, 15) is 18.4 Å². The van der Waals surface area contributed by atoms with Crippen LogP contribution in [0.5, 0.6) is 0 Å². The number of anilines is 1. The third-order valence-corrected chi connectivity index (χ3v) is 4.42. The first-order chi connectivity index (χ1) is 12.4. The zero-order chi connectivity index (χ0) is 20.6. The Bertz CT molecular complexity index is 764. The van der Waals surface area contributed by atoms with E-state index in [1.54, 1.807) is 27.7 Å². The molecule has 9 heteroatoms. The standard InChI is InChI=1S/C18H25F2N3O4/c1-6-23(22-16(25)27-17(2,3)4)18(15(24)26-5)8-10-11(9-18)14(20)13(21)7-12(10)19/h7H,6,8-9,21H2,1-5H3,(H,22,25). The minimum atomic E-state index is -1.52. The average molecular weight is 385 g/mol. The van der Waals surface area contributed by atoms with Gasteiger partial charge < -0.3 is 15.2 Å². The first-order valence-electron chi connectivity index (χ1n) is 8.56. The molecule has 0 heterocycles. The Balaban J connectivity index is 2.43. The van der Waals surface area contributed by atoms with Crippen molar-refractivity contribution in [3.63, 3.8) is 0 Å². The SMILES string of the molecule is CCN(NC(=O)OC(C)(C)C)C1(C(=O)OC)Cc2c(F)cc(N)c(F)c2C1. The van der Waals surface area contributed by atoms with Crippen LogP contribution in [0.2, 0.25) is 0 Å². The van der Waals surface area contributed by atoms with Crippen molar-refractivity contribution in [2.75, 3.05) is 19.4 Å². The molecule has 0 saturated heterocycles. The van der Waals surface area contributed by atoms with Gasteiger partial charge in [0.25, 0.3) is 0 Å². The predicted molar refractivity (Wildman–Crippen MR) is 94.7 cm³/mol. The largest absolute Gasteiger partial charge is 0.468 e. The number of amides is 1. The molecule has 1 atom stereocenters. The third kappa shape index (κ3) is 3.97. The van der Waals surface area contributed by atoms with Gasteiger partial charge in [0.05, 0.1) is 12.8 Å². The summed E-state index contributed by atoms with van der Waals surface area (Å²) in [6.07, 6.45) is -1.17. The van der Waals surface area contributed by atoms with E-state index in [1.807, 2.05) is 0 Å². The second-order valence-electron chi connectivity index (χ2n) is 7.45. The quantitative estimate of drug-likeness (QED) is 0.469. The number of likely N-dealkylation sites (N-methyl/N-ethyl adjacent to an activating group) is 1. The van der Waals surface area contributed by atoms with Gasteiger partial charge in [-0.3, -0.25) is 5.43 Å². The number of hydrogen-bond acceptors (Lipinski definition) is 6. The molecule has 1 aliphatic carbocycles. The Labute approximate surface area is 156 Å². The van der Waals surface area contributed by atoms with Gasteiger partial charge >= 0.3 is 12.1 Å². The number of fused-ring (bicyclic) bond motifs is 1. The van der Waals surface area contributed by atoms with Gasteiger partial charge in [0.1, 0.15) is 22.8 Å². The molecule has 1 aromatic rings. The van der Waals surface area contributed by atoms with Crippen LogP contribution >= 0.6 is 0 Å². The number of nitrogens with two attached hydrogens (primary N) is 1. The molecule has 0 aliphatic heterocycles. The monoisotopic (exact) mass is 385 g/mol. The van der Waals surface area contributed by atoms with Crippen molar-refractivity contribution < 1.29 is 27.8 Å². The zero-order valence-electron chi connectivity index (χ0n) is 16.1. The molecule has 0 aromatic heterocycles. The van der Waals surface area contributed by atoms with Gasteiger partial charge in [0.2, 0.25) is 0 Å². The minimum Gasteiger partial charge on any atom is -0.468 e. The lowest BCUT2D eigenvalue weighted by Crippen LogP contribution is -2.63. The number of methoxy groups -OCH3 is 1. The van der Waals surface area contributed by atoms with E-state index in [0.29, 0.717) is 0 Å². The van der Waals surface area contributed by atoms with Crippen LogP contribution in [0.1, 0.15) is 38.8 Å². The van der Waals surface area contributed by atoms with Crippen LogP contribution in [0.4, 0.5) is 19.3 Å². The fourth-order valence-electron chi connectivity index (χ4n) is 3.30. The summed E-state index contributed by atoms with van der Waals surface area (Å²) in [5.41, 5.74) is 5.45. The smallest absolute Gasteiger partial charge is 0.422 e. The van der Waals surface area contributed by atoms with Crippen LogP contribution in [0.15, 0.2) is 6.07 Å². The summed E-state index contributed by atoms with van der Waals surface area (Å²) in [5, 5.41) is 1.29. The number of nitrogens with one attached hydrogen (secondary N) is 1. The summed E-state index contributed by atoms with van der Waals surface area (Å²) in [5.74, 6) is -2.21. The predicted octanol–water partition coefficient (Wildman–Crippen LogP) is 2.32. The number of benzene rings is 1. The van der Waals surface area contributed by atoms with Crippen molar-refractivity contribution in [2.24, 2.45) is 0 Å². The Kier molecular flexibility index (Phi) is 5.65. The molecule has 0 fully saturated rings. The first-order valence-corrected chi connectivity index (χ1v) is 8.56. The van der Waals surface area contributed by atoms with Crippen LogP contribution in [-0.4, -0.2) is 41.9 Å². The van der Waals surface area contributed by atoms with Gasteiger partial charge in [-0.15, -0.1) is 0 Å². The number of hydrogen-bond donors (Lipinski definition) is 2. The van der Waals surface area contributed by atoms with E-state index in [4.69, 9.17) is 15.2 Å². The summed E-state index contributed by atoms with van der Waals surface area (Å²) >= 11 is 0. The highest BCUT2D eigenvalue weighted by molar-refractivity contribution is 5.84. The van der Waals surface area contributed by atoms with Crippen LogP contribution < -0.4 is 11.2 Å². The topological polar surface area (TPSA) is 93.9 Å². The molecular formula is C18H25F2N3O4. The maximum Gasteiger partial charge on any atom is 0.422 e. The minimum absolute atomic E-state index is 0.00217. The molecule has 3 N–H and O–H groups in total. The highest BCUT2D eigenvalue weighted by atomic mass is 19.1. The van der Waals surface area contributed by atoms with Gasteiger partial charge in [-0.05, 0) is 31.9 Å². The van der Waals surface area contributed by atoms with E-state index in [2.05, 4.69) is 5.43 Å². The number of carbonyl (C=O) groups excluding carboxylic acids is 2. The number of hydrazine groups is 1. The normalized spacial score (nSPS) is 19.0. The second kappa shape index (κ2) is 7.30. The number of halogens is 2. The molecule has 27 heavy (non-hydrogen) atoms. The van der Waals surface area contributed by atoms with Gasteiger partial charge in [-0.2, -0.15) is 0 Å². The number of ether oxygens (including phenoxy) is 2. The Morgan fingerprint density at radius 1 is 1.30 bits per heavy atom. The van der Waals surface area contributed by atoms with Gasteiger partial charge in [-0.25, -0.2) is 23.4 Å². The van der Waals surface area contributed by atoms with E-state index < -0.39 is 34.8 Å². The number of nitrogens with zero attached hydrogens (tertiary/aromatic N) is 1. The van der Waals surface area contributed by atoms with Gasteiger partial charge in [0, 0.05) is 25.5 Å². The Morgan fingerprint density at radius 2 is 1.89 bits per heavy atom. The summed E-state index contributed by atoms with van der Waals surface area (Å²) < 4.78 is 39.0. The lowest BCUT2D eigenvalue weighted by molar-refractivity contribution is -0.157. The van der Waals surface area contributed by atoms with E-state index >= 15 is 0 Å². The average Bonchev–Trinajstić information content (AvgIpc) is 2.98. The third-order valence-electron chi connectivity index (χ3n) is 4.42.